The van der Waals surface area contributed by atoms with Gasteiger partial charge >= 0.3 is 0 Å². The summed E-state index contributed by atoms with van der Waals surface area (Å²) >= 11 is 0. The molecule has 104 valence electrons. The lowest BCUT2D eigenvalue weighted by Crippen LogP contribution is -2.15. The van der Waals surface area contributed by atoms with Crippen LogP contribution < -0.4 is 11.1 Å². The highest BCUT2D eigenvalue weighted by Gasteiger charge is 2.12. The normalized spacial score (nSPS) is 10.5. The zero-order chi connectivity index (χ0) is 14.8. The maximum absolute atomic E-state index is 12.4. The zero-order valence-electron chi connectivity index (χ0n) is 11.8. The lowest BCUT2D eigenvalue weighted by Gasteiger charge is -2.10. The minimum atomic E-state index is -0.180. The van der Waals surface area contributed by atoms with Crippen LogP contribution in [0.3, 0.4) is 0 Å². The number of nitrogens with two attached hydrogens (primary N) is 1. The Morgan fingerprint density at radius 3 is 2.48 bits per heavy atom. The van der Waals surface area contributed by atoms with Gasteiger partial charge < -0.3 is 11.1 Å². The molecule has 0 heterocycles. The van der Waals surface area contributed by atoms with Gasteiger partial charge in [0.2, 0.25) is 0 Å². The number of fused-ring (bicyclic) bond motifs is 1. The van der Waals surface area contributed by atoms with Crippen molar-refractivity contribution in [2.24, 2.45) is 0 Å². The number of benzene rings is 3. The molecule has 0 spiro atoms. The average Bonchev–Trinajstić information content (AvgIpc) is 2.47. The van der Waals surface area contributed by atoms with E-state index in [1.54, 1.807) is 6.07 Å². The molecule has 0 fully saturated rings. The molecule has 3 rings (SSSR count). The average molecular weight is 276 g/mol. The van der Waals surface area contributed by atoms with Gasteiger partial charge in [0, 0.05) is 11.4 Å². The molecule has 3 aromatic carbocycles. The fraction of sp³-hybridized carbons (Fsp3) is 0.0556. The second-order valence-electron chi connectivity index (χ2n) is 5.06. The molecule has 3 N–H and O–H groups in total. The monoisotopic (exact) mass is 276 g/mol. The standard InChI is InChI=1S/C18H16N2O/c1-12-5-4-8-16(19)17(12)18(21)20-15-10-9-13-6-2-3-7-14(13)11-15/h2-11H,19H2,1H3,(H,20,21). The predicted molar refractivity (Wildman–Crippen MR) is 87.5 cm³/mol. The first-order chi connectivity index (χ1) is 10.1. The van der Waals surface area contributed by atoms with Crippen molar-refractivity contribution < 1.29 is 4.79 Å². The fourth-order valence-corrected chi connectivity index (χ4v) is 2.46. The summed E-state index contributed by atoms with van der Waals surface area (Å²) in [5, 5.41) is 5.15. The Morgan fingerprint density at radius 1 is 0.952 bits per heavy atom. The van der Waals surface area contributed by atoms with Gasteiger partial charge in [-0.25, -0.2) is 0 Å². The number of carbonyl (C=O) groups is 1. The van der Waals surface area contributed by atoms with Gasteiger partial charge in [-0.05, 0) is 41.5 Å². The van der Waals surface area contributed by atoms with Crippen LogP contribution in [0.25, 0.3) is 10.8 Å². The number of aryl methyl sites for hydroxylation is 1. The Labute approximate surface area is 123 Å². The first-order valence-electron chi connectivity index (χ1n) is 6.80. The van der Waals surface area contributed by atoms with Crippen molar-refractivity contribution in [3.63, 3.8) is 0 Å². The van der Waals surface area contributed by atoms with Gasteiger partial charge in [0.1, 0.15) is 0 Å². The topological polar surface area (TPSA) is 55.1 Å². The largest absolute Gasteiger partial charge is 0.398 e. The van der Waals surface area contributed by atoms with Crippen LogP contribution in [-0.4, -0.2) is 5.91 Å². The molecule has 1 amide bonds. The van der Waals surface area contributed by atoms with Crippen LogP contribution in [0, 0.1) is 6.92 Å². The number of nitrogens with one attached hydrogen (secondary N) is 1. The number of nitrogen functional groups attached to an aromatic ring is 1. The highest BCUT2D eigenvalue weighted by Crippen LogP contribution is 2.21. The molecule has 0 atom stereocenters. The summed E-state index contributed by atoms with van der Waals surface area (Å²) in [4.78, 5) is 12.4. The maximum atomic E-state index is 12.4. The van der Waals surface area contributed by atoms with Gasteiger partial charge in [-0.3, -0.25) is 4.79 Å². The van der Waals surface area contributed by atoms with Crippen molar-refractivity contribution in [2.45, 2.75) is 6.92 Å². The van der Waals surface area contributed by atoms with Crippen LogP contribution in [0.15, 0.2) is 60.7 Å². The predicted octanol–water partition coefficient (Wildman–Crippen LogP) is 3.98. The number of hydrogen-bond donors (Lipinski definition) is 2. The number of carbonyl (C=O) groups excluding carboxylic acids is 1. The summed E-state index contributed by atoms with van der Waals surface area (Å²) in [5.41, 5.74) is 8.57. The molecule has 3 nitrogen and oxygen atoms in total. The number of amides is 1. The van der Waals surface area contributed by atoms with Crippen LogP contribution in [0.5, 0.6) is 0 Å². The zero-order valence-corrected chi connectivity index (χ0v) is 11.8. The summed E-state index contributed by atoms with van der Waals surface area (Å²) in [7, 11) is 0. The molecule has 3 heteroatoms. The van der Waals surface area contributed by atoms with E-state index in [9.17, 15) is 4.79 Å². The molecule has 0 unspecified atom stereocenters. The van der Waals surface area contributed by atoms with Crippen molar-refractivity contribution >= 4 is 28.1 Å². The molecule has 21 heavy (non-hydrogen) atoms. The van der Waals surface area contributed by atoms with Crippen molar-refractivity contribution in [1.82, 2.24) is 0 Å². The van der Waals surface area contributed by atoms with Crippen LogP contribution in [0.4, 0.5) is 11.4 Å². The Hall–Kier alpha value is -2.81. The highest BCUT2D eigenvalue weighted by atomic mass is 16.1. The third-order valence-corrected chi connectivity index (χ3v) is 3.54. The molecule has 0 bridgehead atoms. The minimum absolute atomic E-state index is 0.180. The summed E-state index contributed by atoms with van der Waals surface area (Å²) < 4.78 is 0. The van der Waals surface area contributed by atoms with Gasteiger partial charge in [0.15, 0.2) is 0 Å². The third kappa shape index (κ3) is 2.58. The van der Waals surface area contributed by atoms with E-state index in [4.69, 9.17) is 5.73 Å². The second kappa shape index (κ2) is 5.29. The van der Waals surface area contributed by atoms with Gasteiger partial charge in [-0.1, -0.05) is 42.5 Å². The van der Waals surface area contributed by atoms with Crippen molar-refractivity contribution in [2.75, 3.05) is 11.1 Å². The summed E-state index contributed by atoms with van der Waals surface area (Å²) in [6, 6.07) is 19.4. The van der Waals surface area contributed by atoms with Gasteiger partial charge in [0.05, 0.1) is 5.56 Å². The summed E-state index contributed by atoms with van der Waals surface area (Å²) in [5.74, 6) is -0.180. The Kier molecular flexibility index (Phi) is 3.32. The van der Waals surface area contributed by atoms with E-state index >= 15 is 0 Å². The SMILES string of the molecule is Cc1cccc(N)c1C(=O)Nc1ccc2ccccc2c1. The maximum Gasteiger partial charge on any atom is 0.258 e. The van der Waals surface area contributed by atoms with E-state index in [2.05, 4.69) is 5.32 Å². The van der Waals surface area contributed by atoms with Gasteiger partial charge in [-0.15, -0.1) is 0 Å². The van der Waals surface area contributed by atoms with Gasteiger partial charge in [-0.2, -0.15) is 0 Å². The summed E-state index contributed by atoms with van der Waals surface area (Å²) in [6.07, 6.45) is 0. The van der Waals surface area contributed by atoms with Crippen molar-refractivity contribution in [1.29, 1.82) is 0 Å². The fourth-order valence-electron chi connectivity index (χ4n) is 2.46. The van der Waals surface area contributed by atoms with E-state index in [1.165, 1.54) is 0 Å². The molecule has 0 aromatic heterocycles. The first-order valence-corrected chi connectivity index (χ1v) is 6.80. The van der Waals surface area contributed by atoms with Crippen LogP contribution in [0.2, 0.25) is 0 Å². The van der Waals surface area contributed by atoms with E-state index in [0.29, 0.717) is 11.3 Å². The molecular weight excluding hydrogens is 260 g/mol. The lowest BCUT2D eigenvalue weighted by atomic mass is 10.1. The van der Waals surface area contributed by atoms with Gasteiger partial charge in [0.25, 0.3) is 5.91 Å². The van der Waals surface area contributed by atoms with E-state index in [0.717, 1.165) is 22.0 Å². The number of hydrogen-bond acceptors (Lipinski definition) is 2. The molecule has 3 aromatic rings. The smallest absolute Gasteiger partial charge is 0.258 e. The van der Waals surface area contributed by atoms with Crippen LogP contribution >= 0.6 is 0 Å². The van der Waals surface area contributed by atoms with E-state index < -0.39 is 0 Å². The second-order valence-corrected chi connectivity index (χ2v) is 5.06. The molecule has 0 aliphatic carbocycles. The Balaban J connectivity index is 1.93. The minimum Gasteiger partial charge on any atom is -0.398 e. The molecule has 0 aliphatic heterocycles. The molecule has 0 saturated heterocycles. The third-order valence-electron chi connectivity index (χ3n) is 3.54. The molecular formula is C18H16N2O. The molecule has 0 aliphatic rings. The first kappa shape index (κ1) is 13.2. The quantitative estimate of drug-likeness (QED) is 0.695. The summed E-state index contributed by atoms with van der Waals surface area (Å²) in [6.45, 7) is 1.88. The molecule has 0 radical (unpaired) electrons. The lowest BCUT2D eigenvalue weighted by molar-refractivity contribution is 0.102. The van der Waals surface area contributed by atoms with Crippen molar-refractivity contribution in [3.05, 3.63) is 71.8 Å². The number of rotatable bonds is 2. The van der Waals surface area contributed by atoms with Crippen molar-refractivity contribution in [3.8, 4) is 0 Å². The van der Waals surface area contributed by atoms with E-state index in [1.807, 2.05) is 61.5 Å². The molecule has 0 saturated carbocycles. The number of anilines is 2. The highest BCUT2D eigenvalue weighted by molar-refractivity contribution is 6.09. The van der Waals surface area contributed by atoms with E-state index in [-0.39, 0.29) is 5.91 Å². The Bertz CT molecular complexity index is 804. The van der Waals surface area contributed by atoms with Crippen LogP contribution in [-0.2, 0) is 0 Å². The van der Waals surface area contributed by atoms with Crippen LogP contribution in [0.1, 0.15) is 15.9 Å². The Morgan fingerprint density at radius 2 is 1.71 bits per heavy atom.